The zero-order chi connectivity index (χ0) is 25.9. The van der Waals surface area contributed by atoms with Crippen LogP contribution in [0.4, 0.5) is 0 Å². The van der Waals surface area contributed by atoms with Gasteiger partial charge in [-0.25, -0.2) is 0 Å². The average molecular weight is 535 g/mol. The van der Waals surface area contributed by atoms with Gasteiger partial charge in [0, 0.05) is 28.0 Å². The fourth-order valence-corrected chi connectivity index (χ4v) is 6.55. The van der Waals surface area contributed by atoms with E-state index in [9.17, 15) is 15.0 Å². The Labute approximate surface area is 224 Å². The van der Waals surface area contributed by atoms with Crippen molar-refractivity contribution in [1.82, 2.24) is 4.90 Å². The Morgan fingerprint density at radius 2 is 1.86 bits per heavy atom. The molecule has 2 fully saturated rings. The number of rotatable bonds is 8. The number of halogens is 2. The van der Waals surface area contributed by atoms with Crippen molar-refractivity contribution in [3.05, 3.63) is 69.7 Å². The van der Waals surface area contributed by atoms with Crippen molar-refractivity contribution in [2.75, 3.05) is 13.2 Å². The van der Waals surface area contributed by atoms with Crippen molar-refractivity contribution in [2.24, 2.45) is 5.41 Å². The lowest BCUT2D eigenvalue weighted by Crippen LogP contribution is -2.59. The molecular weight excluding hydrogens is 497 g/mol. The van der Waals surface area contributed by atoms with Gasteiger partial charge >= 0.3 is 0 Å². The van der Waals surface area contributed by atoms with Crippen LogP contribution in [0.25, 0.3) is 0 Å². The summed E-state index contributed by atoms with van der Waals surface area (Å²) in [5.41, 5.74) is 1.20. The van der Waals surface area contributed by atoms with Gasteiger partial charge in [-0.05, 0) is 73.9 Å². The molecule has 4 rings (SSSR count). The molecule has 7 heteroatoms. The van der Waals surface area contributed by atoms with Gasteiger partial charge in [0.15, 0.2) is 0 Å². The van der Waals surface area contributed by atoms with Gasteiger partial charge in [0.05, 0.1) is 30.9 Å². The Morgan fingerprint density at radius 1 is 1.11 bits per heavy atom. The van der Waals surface area contributed by atoms with Crippen LogP contribution in [-0.2, 0) is 9.53 Å². The summed E-state index contributed by atoms with van der Waals surface area (Å²) in [6.45, 7) is 4.35. The van der Waals surface area contributed by atoms with Crippen LogP contribution in [0.3, 0.4) is 0 Å². The average Bonchev–Trinajstić information content (AvgIpc) is 2.88. The minimum Gasteiger partial charge on any atom is -0.394 e. The summed E-state index contributed by atoms with van der Waals surface area (Å²) in [5, 5.41) is 21.4. The topological polar surface area (TPSA) is 70.0 Å². The maximum absolute atomic E-state index is 14.5. The highest BCUT2D eigenvalue weighted by Gasteiger charge is 2.53. The van der Waals surface area contributed by atoms with Gasteiger partial charge < -0.3 is 19.8 Å². The first-order chi connectivity index (χ1) is 17.3. The molecule has 2 aromatic rings. The Bertz CT molecular complexity index is 1030. The third-order valence-electron chi connectivity index (χ3n) is 7.91. The van der Waals surface area contributed by atoms with Crippen molar-refractivity contribution >= 4 is 29.1 Å². The molecule has 1 amide bonds. The number of piperidine rings is 1. The summed E-state index contributed by atoms with van der Waals surface area (Å²) in [7, 11) is 0. The standard InChI is InChI=1S/C29H37Cl2NO4/c1-3-25(26-9-4-5-14-36-26)32-27(19-10-12-21(30)13-11-19)24(20-7-6-8-22(31)15-20)17-29(2,28(32)35)16-23(34)18-33/h6-8,10-13,15,23-27,33-34H,3-5,9,14,16-18H2,1-2H3/t23?,24-,25+,26?,27-,29+/m1/s1. The molecule has 2 aliphatic heterocycles. The second-order valence-corrected chi connectivity index (χ2v) is 11.4. The monoisotopic (exact) mass is 533 g/mol. The first-order valence-corrected chi connectivity index (χ1v) is 13.8. The Balaban J connectivity index is 1.88. The number of aliphatic hydroxyl groups is 2. The first kappa shape index (κ1) is 27.4. The van der Waals surface area contributed by atoms with E-state index in [1.54, 1.807) is 0 Å². The van der Waals surface area contributed by atoms with Crippen LogP contribution in [-0.4, -0.2) is 52.5 Å². The Hall–Kier alpha value is -1.63. The molecule has 2 saturated heterocycles. The Kier molecular flexibility index (Phi) is 9.00. The van der Waals surface area contributed by atoms with E-state index in [0.29, 0.717) is 23.1 Å². The molecule has 2 aliphatic rings. The lowest BCUT2D eigenvalue weighted by Gasteiger charge is -2.54. The molecule has 2 aromatic carbocycles. The second kappa shape index (κ2) is 11.8. The fraction of sp³-hybridized carbons (Fsp3) is 0.552. The summed E-state index contributed by atoms with van der Waals surface area (Å²) in [5.74, 6) is -0.0784. The summed E-state index contributed by atoms with van der Waals surface area (Å²) in [4.78, 5) is 16.5. The van der Waals surface area contributed by atoms with Crippen LogP contribution >= 0.6 is 23.2 Å². The normalized spacial score (nSPS) is 28.7. The van der Waals surface area contributed by atoms with Crippen molar-refractivity contribution in [1.29, 1.82) is 0 Å². The number of carbonyl (C=O) groups is 1. The predicted octanol–water partition coefficient (Wildman–Crippen LogP) is 6.15. The SMILES string of the molecule is CC[C@@H](C1CCCCO1)N1C(=O)[C@@](C)(CC(O)CO)C[C@H](c2cccc(Cl)c2)[C@H]1c1ccc(Cl)cc1. The van der Waals surface area contributed by atoms with Crippen LogP contribution in [0.5, 0.6) is 0 Å². The van der Waals surface area contributed by atoms with Gasteiger partial charge in [-0.15, -0.1) is 0 Å². The van der Waals surface area contributed by atoms with Crippen LogP contribution in [0, 0.1) is 5.41 Å². The number of hydrogen-bond acceptors (Lipinski definition) is 4. The molecule has 0 saturated carbocycles. The number of hydrogen-bond donors (Lipinski definition) is 2. The number of benzene rings is 2. The third-order valence-corrected chi connectivity index (χ3v) is 8.39. The number of aliphatic hydroxyl groups excluding tert-OH is 2. The third kappa shape index (κ3) is 5.76. The van der Waals surface area contributed by atoms with Crippen molar-refractivity contribution in [2.45, 2.75) is 82.6 Å². The molecule has 2 unspecified atom stereocenters. The molecular formula is C29H37Cl2NO4. The van der Waals surface area contributed by atoms with Gasteiger partial charge in [0.1, 0.15) is 0 Å². The van der Waals surface area contributed by atoms with Crippen LogP contribution in [0.2, 0.25) is 10.0 Å². The van der Waals surface area contributed by atoms with Crippen molar-refractivity contribution < 1.29 is 19.7 Å². The molecule has 0 aliphatic carbocycles. The highest BCUT2D eigenvalue weighted by Crippen LogP contribution is 2.53. The largest absolute Gasteiger partial charge is 0.394 e. The fourth-order valence-electron chi connectivity index (χ4n) is 6.23. The highest BCUT2D eigenvalue weighted by molar-refractivity contribution is 6.30. The molecule has 6 atom stereocenters. The van der Waals surface area contributed by atoms with Gasteiger partial charge in [0.2, 0.25) is 5.91 Å². The number of carbonyl (C=O) groups excluding carboxylic acids is 1. The van der Waals surface area contributed by atoms with Gasteiger partial charge in [-0.3, -0.25) is 4.79 Å². The Morgan fingerprint density at radius 3 is 2.47 bits per heavy atom. The van der Waals surface area contributed by atoms with E-state index in [-0.39, 0.29) is 43.0 Å². The second-order valence-electron chi connectivity index (χ2n) is 10.6. The van der Waals surface area contributed by atoms with E-state index >= 15 is 0 Å². The summed E-state index contributed by atoms with van der Waals surface area (Å²) in [6.07, 6.45) is 3.46. The minimum absolute atomic E-state index is 0.00532. The van der Waals surface area contributed by atoms with Crippen molar-refractivity contribution in [3.8, 4) is 0 Å². The molecule has 0 bridgehead atoms. The van der Waals surface area contributed by atoms with E-state index in [1.165, 1.54) is 0 Å². The lowest BCUT2D eigenvalue weighted by atomic mass is 9.66. The van der Waals surface area contributed by atoms with Gasteiger partial charge in [-0.1, -0.05) is 61.3 Å². The van der Waals surface area contributed by atoms with E-state index in [0.717, 1.165) is 36.8 Å². The number of likely N-dealkylation sites (tertiary alicyclic amines) is 1. The molecule has 0 spiro atoms. The van der Waals surface area contributed by atoms with Gasteiger partial charge in [-0.2, -0.15) is 0 Å². The molecule has 196 valence electrons. The van der Waals surface area contributed by atoms with E-state index in [2.05, 4.69) is 13.0 Å². The summed E-state index contributed by atoms with van der Waals surface area (Å²) >= 11 is 12.7. The number of amides is 1. The number of nitrogens with zero attached hydrogens (tertiary/aromatic N) is 1. The van der Waals surface area contributed by atoms with Crippen LogP contribution in [0.15, 0.2) is 48.5 Å². The molecule has 0 aromatic heterocycles. The predicted molar refractivity (Wildman–Crippen MR) is 143 cm³/mol. The maximum Gasteiger partial charge on any atom is 0.229 e. The van der Waals surface area contributed by atoms with Crippen LogP contribution in [0.1, 0.15) is 75.5 Å². The zero-order valence-electron chi connectivity index (χ0n) is 21.1. The first-order valence-electron chi connectivity index (χ1n) is 13.0. The quantitative estimate of drug-likeness (QED) is 0.427. The summed E-state index contributed by atoms with van der Waals surface area (Å²) in [6, 6.07) is 15.2. The maximum atomic E-state index is 14.5. The minimum atomic E-state index is -0.973. The van der Waals surface area contributed by atoms with Crippen LogP contribution < -0.4 is 0 Å². The van der Waals surface area contributed by atoms with E-state index in [1.807, 2.05) is 54.3 Å². The van der Waals surface area contributed by atoms with E-state index < -0.39 is 11.5 Å². The number of ether oxygens (including phenoxy) is 1. The van der Waals surface area contributed by atoms with Crippen molar-refractivity contribution in [3.63, 3.8) is 0 Å². The molecule has 0 radical (unpaired) electrons. The smallest absolute Gasteiger partial charge is 0.229 e. The summed E-state index contributed by atoms with van der Waals surface area (Å²) < 4.78 is 6.24. The zero-order valence-corrected chi connectivity index (χ0v) is 22.6. The van der Waals surface area contributed by atoms with Gasteiger partial charge in [0.25, 0.3) is 0 Å². The molecule has 2 heterocycles. The lowest BCUT2D eigenvalue weighted by molar-refractivity contribution is -0.164. The van der Waals surface area contributed by atoms with E-state index in [4.69, 9.17) is 27.9 Å². The molecule has 5 nitrogen and oxygen atoms in total. The molecule has 36 heavy (non-hydrogen) atoms. The molecule has 2 N–H and O–H groups in total. The highest BCUT2D eigenvalue weighted by atomic mass is 35.5.